The highest BCUT2D eigenvalue weighted by Crippen LogP contribution is 2.27. The quantitative estimate of drug-likeness (QED) is 0.230. The van der Waals surface area contributed by atoms with Crippen LogP contribution in [0.25, 0.3) is 0 Å². The molecule has 1 rings (SSSR count). The molecule has 26 heavy (non-hydrogen) atoms. The zero-order valence-electron chi connectivity index (χ0n) is 16.0. The van der Waals surface area contributed by atoms with Gasteiger partial charge in [-0.25, -0.2) is 9.59 Å². The summed E-state index contributed by atoms with van der Waals surface area (Å²) in [7, 11) is 0. The number of rotatable bonds is 12. The van der Waals surface area contributed by atoms with Crippen molar-refractivity contribution < 1.29 is 23.8 Å². The molecule has 0 heterocycles. The Kier molecular flexibility index (Phi) is 10.9. The first kappa shape index (κ1) is 21.7. The average Bonchev–Trinajstić information content (AvgIpc) is 2.60. The minimum Gasteiger partial charge on any atom is -0.487 e. The fraction of sp³-hybridized carbons (Fsp3) is 0.524. The van der Waals surface area contributed by atoms with E-state index in [-0.39, 0.29) is 6.10 Å². The standard InChI is InChI=1S/C21H30O5/c1-4-5-6-7-8-11-16-24-20(22)14-15-21(23)26-19-13-10-9-12-18(19)25-17(2)3/h9-10,12-15,17H,4-8,11,16H2,1-3H3/b15-14+. The topological polar surface area (TPSA) is 61.8 Å². The number of carbonyl (C=O) groups excluding carboxylic acids is 2. The van der Waals surface area contributed by atoms with Crippen molar-refractivity contribution >= 4 is 11.9 Å². The molecule has 0 fully saturated rings. The Morgan fingerprint density at radius 2 is 1.54 bits per heavy atom. The zero-order valence-corrected chi connectivity index (χ0v) is 16.0. The predicted octanol–water partition coefficient (Wildman–Crippen LogP) is 4.84. The fourth-order valence-corrected chi connectivity index (χ4v) is 2.27. The highest BCUT2D eigenvalue weighted by Gasteiger charge is 2.09. The molecule has 0 bridgehead atoms. The van der Waals surface area contributed by atoms with E-state index in [1.54, 1.807) is 24.3 Å². The van der Waals surface area contributed by atoms with Gasteiger partial charge in [-0.15, -0.1) is 0 Å². The molecule has 0 unspecified atom stereocenters. The minimum absolute atomic E-state index is 0.0395. The molecule has 0 spiro atoms. The van der Waals surface area contributed by atoms with Crippen LogP contribution in [-0.4, -0.2) is 24.6 Å². The maximum atomic E-state index is 11.9. The van der Waals surface area contributed by atoms with Crippen LogP contribution in [0.5, 0.6) is 11.5 Å². The van der Waals surface area contributed by atoms with E-state index in [2.05, 4.69) is 6.92 Å². The Balaban J connectivity index is 2.33. The zero-order chi connectivity index (χ0) is 19.2. The summed E-state index contributed by atoms with van der Waals surface area (Å²) >= 11 is 0. The fourth-order valence-electron chi connectivity index (χ4n) is 2.27. The molecule has 144 valence electrons. The first-order valence-corrected chi connectivity index (χ1v) is 9.35. The summed E-state index contributed by atoms with van der Waals surface area (Å²) in [6.07, 6.45) is 8.84. The molecule has 0 radical (unpaired) electrons. The minimum atomic E-state index is -0.652. The largest absolute Gasteiger partial charge is 0.487 e. The number of para-hydroxylation sites is 2. The second-order valence-electron chi connectivity index (χ2n) is 6.30. The SMILES string of the molecule is CCCCCCCCOC(=O)/C=C/C(=O)Oc1ccccc1OC(C)C. The Hall–Kier alpha value is -2.30. The lowest BCUT2D eigenvalue weighted by molar-refractivity contribution is -0.138. The summed E-state index contributed by atoms with van der Waals surface area (Å²) in [6.45, 7) is 6.32. The average molecular weight is 362 g/mol. The highest BCUT2D eigenvalue weighted by atomic mass is 16.6. The van der Waals surface area contributed by atoms with E-state index in [0.29, 0.717) is 18.1 Å². The molecule has 0 amide bonds. The van der Waals surface area contributed by atoms with Gasteiger partial charge in [0.05, 0.1) is 12.7 Å². The van der Waals surface area contributed by atoms with Crippen LogP contribution in [0.4, 0.5) is 0 Å². The van der Waals surface area contributed by atoms with E-state index in [4.69, 9.17) is 14.2 Å². The Morgan fingerprint density at radius 3 is 2.23 bits per heavy atom. The normalized spacial score (nSPS) is 10.9. The van der Waals surface area contributed by atoms with Gasteiger partial charge in [-0.3, -0.25) is 0 Å². The molecule has 0 aromatic heterocycles. The molecular weight excluding hydrogens is 332 g/mol. The summed E-state index contributed by atoms with van der Waals surface area (Å²) in [4.78, 5) is 23.5. The van der Waals surface area contributed by atoms with Crippen LogP contribution < -0.4 is 9.47 Å². The van der Waals surface area contributed by atoms with Gasteiger partial charge in [0.2, 0.25) is 0 Å². The van der Waals surface area contributed by atoms with E-state index in [9.17, 15) is 9.59 Å². The smallest absolute Gasteiger partial charge is 0.336 e. The summed E-state index contributed by atoms with van der Waals surface area (Å²) in [5.74, 6) is -0.394. The number of esters is 2. The van der Waals surface area contributed by atoms with Crippen molar-refractivity contribution in [2.45, 2.75) is 65.4 Å². The lowest BCUT2D eigenvalue weighted by Gasteiger charge is -2.13. The number of ether oxygens (including phenoxy) is 3. The van der Waals surface area contributed by atoms with Crippen molar-refractivity contribution in [3.8, 4) is 11.5 Å². The van der Waals surface area contributed by atoms with Crippen LogP contribution in [0.2, 0.25) is 0 Å². The van der Waals surface area contributed by atoms with Crippen LogP contribution in [0, 0.1) is 0 Å². The van der Waals surface area contributed by atoms with E-state index in [1.807, 2.05) is 13.8 Å². The molecule has 5 nitrogen and oxygen atoms in total. The van der Waals surface area contributed by atoms with Crippen molar-refractivity contribution in [1.29, 1.82) is 0 Å². The molecule has 0 saturated carbocycles. The predicted molar refractivity (Wildman–Crippen MR) is 101 cm³/mol. The molecule has 0 N–H and O–H groups in total. The van der Waals surface area contributed by atoms with Crippen molar-refractivity contribution in [3.63, 3.8) is 0 Å². The van der Waals surface area contributed by atoms with Crippen molar-refractivity contribution in [1.82, 2.24) is 0 Å². The number of unbranched alkanes of at least 4 members (excludes halogenated alkanes) is 5. The number of carbonyl (C=O) groups is 2. The Morgan fingerprint density at radius 1 is 0.923 bits per heavy atom. The molecule has 1 aromatic carbocycles. The van der Waals surface area contributed by atoms with Crippen molar-refractivity contribution in [2.75, 3.05) is 6.61 Å². The van der Waals surface area contributed by atoms with Gasteiger partial charge in [-0.1, -0.05) is 51.2 Å². The monoisotopic (exact) mass is 362 g/mol. The van der Waals surface area contributed by atoms with Crippen LogP contribution in [0.3, 0.4) is 0 Å². The van der Waals surface area contributed by atoms with Gasteiger partial charge in [-0.2, -0.15) is 0 Å². The third-order valence-electron chi connectivity index (χ3n) is 3.52. The lowest BCUT2D eigenvalue weighted by Crippen LogP contribution is -2.10. The van der Waals surface area contributed by atoms with Gasteiger partial charge < -0.3 is 14.2 Å². The van der Waals surface area contributed by atoms with Gasteiger partial charge in [-0.05, 0) is 32.4 Å². The molecule has 1 aromatic rings. The molecular formula is C21H30O5. The van der Waals surface area contributed by atoms with Crippen molar-refractivity contribution in [2.24, 2.45) is 0 Å². The summed E-state index contributed by atoms with van der Waals surface area (Å²) < 4.78 is 15.9. The number of hydrogen-bond donors (Lipinski definition) is 0. The molecule has 0 aliphatic rings. The van der Waals surface area contributed by atoms with E-state index < -0.39 is 11.9 Å². The molecule has 0 aliphatic heterocycles. The van der Waals surface area contributed by atoms with Crippen LogP contribution >= 0.6 is 0 Å². The van der Waals surface area contributed by atoms with Crippen molar-refractivity contribution in [3.05, 3.63) is 36.4 Å². The van der Waals surface area contributed by atoms with Gasteiger partial charge >= 0.3 is 11.9 Å². The first-order chi connectivity index (χ1) is 12.5. The molecule has 0 saturated heterocycles. The third kappa shape index (κ3) is 9.87. The van der Waals surface area contributed by atoms with Gasteiger partial charge in [0.15, 0.2) is 11.5 Å². The molecule has 0 aliphatic carbocycles. The summed E-state index contributed by atoms with van der Waals surface area (Å²) in [5.41, 5.74) is 0. The maximum absolute atomic E-state index is 11.9. The lowest BCUT2D eigenvalue weighted by atomic mass is 10.1. The third-order valence-corrected chi connectivity index (χ3v) is 3.52. The first-order valence-electron chi connectivity index (χ1n) is 9.35. The van der Waals surface area contributed by atoms with Gasteiger partial charge in [0, 0.05) is 12.2 Å². The molecule has 5 heteroatoms. The maximum Gasteiger partial charge on any atom is 0.336 e. The van der Waals surface area contributed by atoms with Crippen LogP contribution in [0.15, 0.2) is 36.4 Å². The van der Waals surface area contributed by atoms with Crippen LogP contribution in [0.1, 0.15) is 59.3 Å². The number of benzene rings is 1. The number of hydrogen-bond acceptors (Lipinski definition) is 5. The second-order valence-corrected chi connectivity index (χ2v) is 6.30. The summed E-state index contributed by atoms with van der Waals surface area (Å²) in [5, 5.41) is 0. The van der Waals surface area contributed by atoms with E-state index in [0.717, 1.165) is 31.4 Å². The summed E-state index contributed by atoms with van der Waals surface area (Å²) in [6, 6.07) is 6.90. The second kappa shape index (κ2) is 13.0. The Labute approximate surface area is 156 Å². The molecule has 0 atom stereocenters. The van der Waals surface area contributed by atoms with E-state index >= 15 is 0 Å². The Bertz CT molecular complexity index is 578. The van der Waals surface area contributed by atoms with Gasteiger partial charge in [0.25, 0.3) is 0 Å². The van der Waals surface area contributed by atoms with Gasteiger partial charge in [0.1, 0.15) is 0 Å². The highest BCUT2D eigenvalue weighted by molar-refractivity contribution is 5.92. The van der Waals surface area contributed by atoms with Crippen LogP contribution in [-0.2, 0) is 14.3 Å². The van der Waals surface area contributed by atoms with E-state index in [1.165, 1.54) is 19.3 Å².